The predicted molar refractivity (Wildman–Crippen MR) is 81.4 cm³/mol. The molecule has 3 aromatic rings. The lowest BCUT2D eigenvalue weighted by atomic mass is 10.2. The highest BCUT2D eigenvalue weighted by Crippen LogP contribution is 2.24. The number of aromatic nitrogens is 5. The number of tetrazole rings is 1. The van der Waals surface area contributed by atoms with Gasteiger partial charge in [0.15, 0.2) is 5.82 Å². The van der Waals surface area contributed by atoms with Crippen molar-refractivity contribution in [1.82, 2.24) is 25.6 Å². The van der Waals surface area contributed by atoms with E-state index in [0.717, 1.165) is 17.0 Å². The van der Waals surface area contributed by atoms with Crippen LogP contribution in [-0.4, -0.2) is 32.2 Å². The van der Waals surface area contributed by atoms with Crippen molar-refractivity contribution in [3.05, 3.63) is 60.2 Å². The van der Waals surface area contributed by atoms with E-state index in [1.165, 1.54) is 0 Å². The fourth-order valence-electron chi connectivity index (χ4n) is 1.98. The van der Waals surface area contributed by atoms with Gasteiger partial charge in [0.1, 0.15) is 12.4 Å². The van der Waals surface area contributed by atoms with Gasteiger partial charge in [-0.05, 0) is 18.2 Å². The number of nitrogens with zero attached hydrogens (tertiary/aromatic N) is 4. The Hall–Kier alpha value is -2.96. The summed E-state index contributed by atoms with van der Waals surface area (Å²) >= 11 is 0. The number of rotatable bonds is 7. The maximum absolute atomic E-state index is 5.86. The molecule has 22 heavy (non-hydrogen) atoms. The summed E-state index contributed by atoms with van der Waals surface area (Å²) in [6.07, 6.45) is 4.23. The fraction of sp³-hybridized carbons (Fsp3) is 0.200. The van der Waals surface area contributed by atoms with Crippen LogP contribution in [0.4, 0.5) is 5.69 Å². The summed E-state index contributed by atoms with van der Waals surface area (Å²) in [5.41, 5.74) is 1.97. The van der Waals surface area contributed by atoms with Gasteiger partial charge < -0.3 is 10.1 Å². The molecule has 0 saturated carbocycles. The Morgan fingerprint density at radius 2 is 2.09 bits per heavy atom. The van der Waals surface area contributed by atoms with Crippen LogP contribution < -0.4 is 10.1 Å². The van der Waals surface area contributed by atoms with E-state index in [2.05, 4.69) is 30.9 Å². The van der Waals surface area contributed by atoms with Crippen molar-refractivity contribution in [3.8, 4) is 5.75 Å². The van der Waals surface area contributed by atoms with Crippen molar-refractivity contribution >= 4 is 5.69 Å². The molecule has 0 aliphatic rings. The molecule has 7 nitrogen and oxygen atoms in total. The van der Waals surface area contributed by atoms with Gasteiger partial charge in [-0.15, -0.1) is 10.2 Å². The van der Waals surface area contributed by atoms with Crippen LogP contribution in [0.15, 0.2) is 48.8 Å². The first kappa shape index (κ1) is 14.0. The Kier molecular flexibility index (Phi) is 4.56. The van der Waals surface area contributed by atoms with Crippen molar-refractivity contribution < 1.29 is 4.74 Å². The number of pyridine rings is 1. The van der Waals surface area contributed by atoms with Gasteiger partial charge in [-0.25, -0.2) is 0 Å². The predicted octanol–water partition coefficient (Wildman–Crippen LogP) is 1.83. The molecule has 1 aromatic carbocycles. The standard InChI is InChI=1S/C15H16N6O/c1-2-6-14(22-11-12-4-3-8-16-10-12)13(5-1)17-9-7-15-18-20-21-19-15/h1-6,8,10,17H,7,9,11H2,(H,18,19,20,21). The zero-order chi connectivity index (χ0) is 15.0. The average Bonchev–Trinajstić information content (AvgIpc) is 3.08. The molecule has 0 fully saturated rings. The van der Waals surface area contributed by atoms with Crippen LogP contribution in [0.25, 0.3) is 0 Å². The Morgan fingerprint density at radius 1 is 1.14 bits per heavy atom. The van der Waals surface area contributed by atoms with Crippen LogP contribution in [0.2, 0.25) is 0 Å². The maximum Gasteiger partial charge on any atom is 0.176 e. The summed E-state index contributed by atoms with van der Waals surface area (Å²) in [6.45, 7) is 1.18. The summed E-state index contributed by atoms with van der Waals surface area (Å²) in [4.78, 5) is 4.08. The topological polar surface area (TPSA) is 88.6 Å². The minimum absolute atomic E-state index is 0.484. The molecule has 2 aromatic heterocycles. The first-order valence-electron chi connectivity index (χ1n) is 6.99. The lowest BCUT2D eigenvalue weighted by Gasteiger charge is -2.12. The maximum atomic E-state index is 5.86. The van der Waals surface area contributed by atoms with E-state index in [1.54, 1.807) is 12.4 Å². The summed E-state index contributed by atoms with van der Waals surface area (Å²) in [6, 6.07) is 11.7. The lowest BCUT2D eigenvalue weighted by molar-refractivity contribution is 0.307. The Bertz CT molecular complexity index is 686. The Labute approximate surface area is 127 Å². The second kappa shape index (κ2) is 7.16. The van der Waals surface area contributed by atoms with Crippen LogP contribution in [0, 0.1) is 0 Å². The molecule has 0 spiro atoms. The Balaban J connectivity index is 1.57. The first-order chi connectivity index (χ1) is 10.9. The molecule has 0 aliphatic carbocycles. The van der Waals surface area contributed by atoms with Crippen molar-refractivity contribution in [2.24, 2.45) is 0 Å². The molecule has 0 unspecified atom stereocenters. The molecule has 0 radical (unpaired) electrons. The molecule has 0 amide bonds. The van der Waals surface area contributed by atoms with E-state index >= 15 is 0 Å². The number of hydrogen-bond acceptors (Lipinski definition) is 6. The molecule has 7 heteroatoms. The third-order valence-electron chi connectivity index (χ3n) is 3.06. The zero-order valence-corrected chi connectivity index (χ0v) is 11.9. The van der Waals surface area contributed by atoms with Gasteiger partial charge in [0.05, 0.1) is 5.69 Å². The largest absolute Gasteiger partial charge is 0.487 e. The molecule has 112 valence electrons. The molecule has 0 aliphatic heterocycles. The third kappa shape index (κ3) is 3.78. The smallest absolute Gasteiger partial charge is 0.176 e. The quantitative estimate of drug-likeness (QED) is 0.691. The van der Waals surface area contributed by atoms with Crippen molar-refractivity contribution in [1.29, 1.82) is 0 Å². The van der Waals surface area contributed by atoms with E-state index in [-0.39, 0.29) is 0 Å². The number of anilines is 1. The molecule has 2 heterocycles. The highest BCUT2D eigenvalue weighted by molar-refractivity contribution is 5.56. The minimum atomic E-state index is 0.484. The normalized spacial score (nSPS) is 10.4. The second-order valence-corrected chi connectivity index (χ2v) is 4.65. The number of aromatic amines is 1. The van der Waals surface area contributed by atoms with Crippen LogP contribution in [0.5, 0.6) is 5.75 Å². The van der Waals surface area contributed by atoms with Gasteiger partial charge in [-0.3, -0.25) is 4.98 Å². The minimum Gasteiger partial charge on any atom is -0.487 e. The summed E-state index contributed by atoms with van der Waals surface area (Å²) in [5, 5.41) is 17.1. The average molecular weight is 296 g/mol. The summed E-state index contributed by atoms with van der Waals surface area (Å²) in [7, 11) is 0. The van der Waals surface area contributed by atoms with Gasteiger partial charge in [0.2, 0.25) is 0 Å². The van der Waals surface area contributed by atoms with Gasteiger partial charge in [-0.2, -0.15) is 5.21 Å². The second-order valence-electron chi connectivity index (χ2n) is 4.65. The summed E-state index contributed by atoms with van der Waals surface area (Å²) < 4.78 is 5.86. The number of ether oxygens (including phenoxy) is 1. The van der Waals surface area contributed by atoms with Crippen LogP contribution in [0.1, 0.15) is 11.4 Å². The highest BCUT2D eigenvalue weighted by Gasteiger charge is 2.04. The van der Waals surface area contributed by atoms with E-state index in [4.69, 9.17) is 4.74 Å². The van der Waals surface area contributed by atoms with E-state index in [1.807, 2.05) is 36.4 Å². The van der Waals surface area contributed by atoms with Gasteiger partial charge in [-0.1, -0.05) is 23.4 Å². The first-order valence-corrected chi connectivity index (χ1v) is 6.99. The van der Waals surface area contributed by atoms with Crippen molar-refractivity contribution in [3.63, 3.8) is 0 Å². The number of hydrogen-bond donors (Lipinski definition) is 2. The SMILES string of the molecule is c1cncc(COc2ccccc2NCCc2nn[nH]n2)c1. The zero-order valence-electron chi connectivity index (χ0n) is 11.9. The van der Waals surface area contributed by atoms with Crippen molar-refractivity contribution in [2.45, 2.75) is 13.0 Å². The number of H-pyrrole nitrogens is 1. The molecule has 3 rings (SSSR count). The number of nitrogens with one attached hydrogen (secondary N) is 2. The molecular formula is C15H16N6O. The van der Waals surface area contributed by atoms with Crippen LogP contribution in [-0.2, 0) is 13.0 Å². The lowest BCUT2D eigenvalue weighted by Crippen LogP contribution is -2.08. The van der Waals surface area contributed by atoms with Gasteiger partial charge in [0.25, 0.3) is 0 Å². The molecular weight excluding hydrogens is 280 g/mol. The van der Waals surface area contributed by atoms with Crippen LogP contribution in [0.3, 0.4) is 0 Å². The summed E-state index contributed by atoms with van der Waals surface area (Å²) in [5.74, 6) is 1.49. The monoisotopic (exact) mass is 296 g/mol. The third-order valence-corrected chi connectivity index (χ3v) is 3.06. The molecule has 2 N–H and O–H groups in total. The number of benzene rings is 1. The van der Waals surface area contributed by atoms with E-state index in [0.29, 0.717) is 25.4 Å². The molecule has 0 atom stereocenters. The molecule has 0 bridgehead atoms. The van der Waals surface area contributed by atoms with E-state index < -0.39 is 0 Å². The van der Waals surface area contributed by atoms with Gasteiger partial charge in [0, 0.05) is 30.9 Å². The van der Waals surface area contributed by atoms with E-state index in [9.17, 15) is 0 Å². The van der Waals surface area contributed by atoms with Crippen molar-refractivity contribution in [2.75, 3.05) is 11.9 Å². The Morgan fingerprint density at radius 3 is 2.91 bits per heavy atom. The fourth-order valence-corrected chi connectivity index (χ4v) is 1.98. The van der Waals surface area contributed by atoms with Gasteiger partial charge >= 0.3 is 0 Å². The highest BCUT2D eigenvalue weighted by atomic mass is 16.5. The number of para-hydroxylation sites is 2. The molecule has 0 saturated heterocycles. The van der Waals surface area contributed by atoms with Crippen LogP contribution >= 0.6 is 0 Å².